The van der Waals surface area contributed by atoms with Crippen molar-refractivity contribution in [2.45, 2.75) is 19.5 Å². The zero-order valence-electron chi connectivity index (χ0n) is 14.4. The van der Waals surface area contributed by atoms with Crippen molar-refractivity contribution in [3.8, 4) is 0 Å². The van der Waals surface area contributed by atoms with Crippen LogP contribution in [-0.2, 0) is 22.6 Å². The Morgan fingerprint density at radius 1 is 1.12 bits per heavy atom. The van der Waals surface area contributed by atoms with E-state index >= 15 is 0 Å². The molecular formula is C19H25N3O3. The molecule has 0 radical (unpaired) electrons. The Morgan fingerprint density at radius 2 is 2.00 bits per heavy atom. The minimum absolute atomic E-state index is 0.0483. The Kier molecular flexibility index (Phi) is 6.62. The maximum atomic E-state index is 12.1. The molecule has 0 aliphatic carbocycles. The van der Waals surface area contributed by atoms with Crippen molar-refractivity contribution in [1.82, 2.24) is 10.2 Å². The summed E-state index contributed by atoms with van der Waals surface area (Å²) in [5, 5.41) is 6.31. The molecule has 2 aromatic rings. The zero-order valence-corrected chi connectivity index (χ0v) is 14.4. The van der Waals surface area contributed by atoms with E-state index in [4.69, 9.17) is 9.15 Å². The molecule has 6 heteroatoms. The molecule has 0 spiro atoms. The fraction of sp³-hybridized carbons (Fsp3) is 0.421. The molecule has 1 aliphatic heterocycles. The lowest BCUT2D eigenvalue weighted by molar-refractivity contribution is -0.116. The van der Waals surface area contributed by atoms with E-state index in [1.165, 1.54) is 0 Å². The molecule has 1 aromatic heterocycles. The van der Waals surface area contributed by atoms with Gasteiger partial charge in [-0.05, 0) is 29.8 Å². The van der Waals surface area contributed by atoms with Gasteiger partial charge < -0.3 is 19.8 Å². The number of carbonyl (C=O) groups is 1. The highest BCUT2D eigenvalue weighted by molar-refractivity contribution is 5.90. The van der Waals surface area contributed by atoms with Crippen LogP contribution in [0.1, 0.15) is 17.7 Å². The van der Waals surface area contributed by atoms with E-state index in [9.17, 15) is 4.79 Å². The summed E-state index contributed by atoms with van der Waals surface area (Å²) >= 11 is 0. The van der Waals surface area contributed by atoms with Crippen LogP contribution in [0.4, 0.5) is 5.69 Å². The van der Waals surface area contributed by atoms with Crippen LogP contribution in [0.3, 0.4) is 0 Å². The third-order valence-corrected chi connectivity index (χ3v) is 4.18. The third-order valence-electron chi connectivity index (χ3n) is 4.18. The number of morpholine rings is 1. The molecule has 0 atom stereocenters. The average molecular weight is 343 g/mol. The van der Waals surface area contributed by atoms with Gasteiger partial charge in [0.25, 0.3) is 0 Å². The van der Waals surface area contributed by atoms with Crippen molar-refractivity contribution in [3.63, 3.8) is 0 Å². The third kappa shape index (κ3) is 6.01. The average Bonchev–Trinajstić information content (AvgIpc) is 3.15. The first-order valence-corrected chi connectivity index (χ1v) is 8.71. The van der Waals surface area contributed by atoms with Gasteiger partial charge in [0.05, 0.1) is 26.0 Å². The number of furan rings is 1. The lowest BCUT2D eigenvalue weighted by Gasteiger charge is -2.26. The molecule has 2 heterocycles. The summed E-state index contributed by atoms with van der Waals surface area (Å²) in [5.74, 6) is 0.958. The zero-order chi connectivity index (χ0) is 17.3. The number of benzene rings is 1. The lowest BCUT2D eigenvalue weighted by Crippen LogP contribution is -2.38. The van der Waals surface area contributed by atoms with Gasteiger partial charge in [-0.1, -0.05) is 12.1 Å². The van der Waals surface area contributed by atoms with Crippen LogP contribution < -0.4 is 10.6 Å². The van der Waals surface area contributed by atoms with Gasteiger partial charge in [0.2, 0.25) is 5.91 Å². The number of hydrogen-bond donors (Lipinski definition) is 2. The second-order valence-electron chi connectivity index (χ2n) is 6.14. The summed E-state index contributed by atoms with van der Waals surface area (Å²) in [6.07, 6.45) is 2.17. The van der Waals surface area contributed by atoms with Gasteiger partial charge >= 0.3 is 0 Å². The van der Waals surface area contributed by atoms with Gasteiger partial charge in [-0.3, -0.25) is 9.69 Å². The number of carbonyl (C=O) groups excluding carboxylic acids is 1. The summed E-state index contributed by atoms with van der Waals surface area (Å²) < 4.78 is 10.6. The molecular weight excluding hydrogens is 318 g/mol. The van der Waals surface area contributed by atoms with E-state index in [1.807, 2.05) is 36.4 Å². The number of ether oxygens (including phenoxy) is 1. The van der Waals surface area contributed by atoms with Gasteiger partial charge in [0.15, 0.2) is 0 Å². The van der Waals surface area contributed by atoms with Gasteiger partial charge in [-0.15, -0.1) is 0 Å². The molecule has 1 aromatic carbocycles. The van der Waals surface area contributed by atoms with Crippen LogP contribution in [-0.4, -0.2) is 43.7 Å². The summed E-state index contributed by atoms with van der Waals surface area (Å²) in [7, 11) is 0. The van der Waals surface area contributed by atoms with Crippen LogP contribution in [0.2, 0.25) is 0 Å². The monoisotopic (exact) mass is 343 g/mol. The number of nitrogens with zero attached hydrogens (tertiary/aromatic N) is 1. The number of nitrogens with one attached hydrogen (secondary N) is 2. The summed E-state index contributed by atoms with van der Waals surface area (Å²) in [4.78, 5) is 14.4. The summed E-state index contributed by atoms with van der Waals surface area (Å²) in [6, 6.07) is 11.7. The maximum absolute atomic E-state index is 12.1. The van der Waals surface area contributed by atoms with Gasteiger partial charge in [-0.2, -0.15) is 0 Å². The minimum Gasteiger partial charge on any atom is -0.468 e. The molecule has 1 saturated heterocycles. The van der Waals surface area contributed by atoms with Crippen molar-refractivity contribution in [2.75, 3.05) is 38.2 Å². The summed E-state index contributed by atoms with van der Waals surface area (Å²) in [5.41, 5.74) is 1.96. The molecule has 3 rings (SSSR count). The molecule has 1 amide bonds. The van der Waals surface area contributed by atoms with Gasteiger partial charge in [-0.25, -0.2) is 0 Å². The van der Waals surface area contributed by atoms with E-state index in [0.717, 1.165) is 56.4 Å². The first kappa shape index (κ1) is 17.7. The van der Waals surface area contributed by atoms with Crippen LogP contribution in [0, 0.1) is 0 Å². The van der Waals surface area contributed by atoms with Crippen molar-refractivity contribution < 1.29 is 13.9 Å². The van der Waals surface area contributed by atoms with Crippen LogP contribution in [0.5, 0.6) is 0 Å². The molecule has 6 nitrogen and oxygen atoms in total. The Balaban J connectivity index is 1.41. The SMILES string of the molecule is O=C(CCN1CCOCC1)Nc1cccc(CNCc2ccco2)c1. The maximum Gasteiger partial charge on any atom is 0.225 e. The van der Waals surface area contributed by atoms with E-state index in [1.54, 1.807) is 6.26 Å². The molecule has 1 fully saturated rings. The molecule has 2 N–H and O–H groups in total. The largest absolute Gasteiger partial charge is 0.468 e. The van der Waals surface area contributed by atoms with E-state index < -0.39 is 0 Å². The van der Waals surface area contributed by atoms with Crippen molar-refractivity contribution in [3.05, 3.63) is 54.0 Å². The number of rotatable bonds is 8. The van der Waals surface area contributed by atoms with Gasteiger partial charge in [0.1, 0.15) is 5.76 Å². The minimum atomic E-state index is 0.0483. The predicted octanol–water partition coefficient (Wildman–Crippen LogP) is 2.23. The number of anilines is 1. The Morgan fingerprint density at radius 3 is 2.80 bits per heavy atom. The molecule has 0 bridgehead atoms. The highest BCUT2D eigenvalue weighted by Gasteiger charge is 2.12. The van der Waals surface area contributed by atoms with E-state index in [2.05, 4.69) is 15.5 Å². The molecule has 25 heavy (non-hydrogen) atoms. The number of amides is 1. The Bertz CT molecular complexity index is 652. The highest BCUT2D eigenvalue weighted by Crippen LogP contribution is 2.11. The topological polar surface area (TPSA) is 66.7 Å². The highest BCUT2D eigenvalue weighted by atomic mass is 16.5. The normalized spacial score (nSPS) is 15.2. The molecule has 1 aliphatic rings. The molecule has 0 saturated carbocycles. The number of hydrogen-bond acceptors (Lipinski definition) is 5. The van der Waals surface area contributed by atoms with Crippen molar-refractivity contribution >= 4 is 11.6 Å². The fourth-order valence-electron chi connectivity index (χ4n) is 2.81. The predicted molar refractivity (Wildman–Crippen MR) is 96.2 cm³/mol. The van der Waals surface area contributed by atoms with Crippen molar-refractivity contribution in [1.29, 1.82) is 0 Å². The Labute approximate surface area is 148 Å². The van der Waals surface area contributed by atoms with Crippen LogP contribution >= 0.6 is 0 Å². The lowest BCUT2D eigenvalue weighted by atomic mass is 10.2. The molecule has 0 unspecified atom stereocenters. The standard InChI is InChI=1S/C19H25N3O3/c23-19(6-7-22-8-11-24-12-9-22)21-17-4-1-3-16(13-17)14-20-15-18-5-2-10-25-18/h1-5,10,13,20H,6-9,11-12,14-15H2,(H,21,23). The van der Waals surface area contributed by atoms with E-state index in [0.29, 0.717) is 13.0 Å². The first-order valence-electron chi connectivity index (χ1n) is 8.71. The second kappa shape index (κ2) is 9.36. The van der Waals surface area contributed by atoms with Crippen LogP contribution in [0.25, 0.3) is 0 Å². The molecule has 134 valence electrons. The second-order valence-corrected chi connectivity index (χ2v) is 6.14. The van der Waals surface area contributed by atoms with E-state index in [-0.39, 0.29) is 5.91 Å². The fourth-order valence-corrected chi connectivity index (χ4v) is 2.81. The van der Waals surface area contributed by atoms with Gasteiger partial charge in [0, 0.05) is 38.3 Å². The quantitative estimate of drug-likeness (QED) is 0.769. The smallest absolute Gasteiger partial charge is 0.225 e. The van der Waals surface area contributed by atoms with Crippen LogP contribution in [0.15, 0.2) is 47.1 Å². The Hall–Kier alpha value is -2.15. The first-order chi connectivity index (χ1) is 12.3. The van der Waals surface area contributed by atoms with Crippen molar-refractivity contribution in [2.24, 2.45) is 0 Å². The summed E-state index contributed by atoms with van der Waals surface area (Å²) in [6.45, 7) is 5.51.